The van der Waals surface area contributed by atoms with E-state index in [9.17, 15) is 23.2 Å². The van der Waals surface area contributed by atoms with Crippen LogP contribution in [0.2, 0.25) is 0 Å². The summed E-state index contributed by atoms with van der Waals surface area (Å²) >= 11 is 0. The zero-order valence-corrected chi connectivity index (χ0v) is 22.5. The van der Waals surface area contributed by atoms with Gasteiger partial charge in [-0.15, -0.1) is 0 Å². The predicted molar refractivity (Wildman–Crippen MR) is 143 cm³/mol. The highest BCUT2D eigenvalue weighted by molar-refractivity contribution is 7.89. The van der Waals surface area contributed by atoms with Crippen molar-refractivity contribution in [1.82, 2.24) is 9.21 Å². The summed E-state index contributed by atoms with van der Waals surface area (Å²) in [5.74, 6) is -0.296. The number of fused-ring (bicyclic) bond motifs is 1. The van der Waals surface area contributed by atoms with E-state index in [2.05, 4.69) is 6.07 Å². The van der Waals surface area contributed by atoms with Crippen LogP contribution in [-0.4, -0.2) is 61.6 Å². The van der Waals surface area contributed by atoms with Gasteiger partial charge in [0.1, 0.15) is 22.6 Å². The van der Waals surface area contributed by atoms with Gasteiger partial charge >= 0.3 is 0 Å². The van der Waals surface area contributed by atoms with Crippen LogP contribution in [-0.2, 0) is 16.6 Å². The molecular weight excluding hydrogens is 505 g/mol. The Bertz CT molecular complexity index is 1440. The number of hydrogen-bond donors (Lipinski definition) is 1. The molecule has 38 heavy (non-hydrogen) atoms. The lowest BCUT2D eigenvalue weighted by Gasteiger charge is -2.37. The molecule has 0 fully saturated rings. The number of sulfonamides is 1. The first kappa shape index (κ1) is 27.7. The minimum atomic E-state index is -3.96. The van der Waals surface area contributed by atoms with E-state index >= 15 is 0 Å². The van der Waals surface area contributed by atoms with Crippen molar-refractivity contribution in [1.29, 1.82) is 5.26 Å². The van der Waals surface area contributed by atoms with E-state index < -0.39 is 22.2 Å². The molecule has 1 heterocycles. The summed E-state index contributed by atoms with van der Waals surface area (Å²) in [7, 11) is -2.05. The summed E-state index contributed by atoms with van der Waals surface area (Å²) in [6.45, 7) is 4.43. The van der Waals surface area contributed by atoms with Gasteiger partial charge in [0.05, 0.1) is 18.2 Å². The molecule has 9 heteroatoms. The van der Waals surface area contributed by atoms with Crippen LogP contribution in [0.5, 0.6) is 5.75 Å². The summed E-state index contributed by atoms with van der Waals surface area (Å²) in [5.41, 5.74) is 2.81. The quantitative estimate of drug-likeness (QED) is 0.484. The summed E-state index contributed by atoms with van der Waals surface area (Å²) in [4.78, 5) is 2.05. The van der Waals surface area contributed by atoms with Gasteiger partial charge in [-0.2, -0.15) is 9.57 Å². The molecule has 0 aromatic heterocycles. The molecule has 0 aliphatic carbocycles. The average Bonchev–Trinajstić information content (AvgIpc) is 2.90. The highest BCUT2D eigenvalue weighted by atomic mass is 32.2. The summed E-state index contributed by atoms with van der Waals surface area (Å²) in [5, 5.41) is 19.2. The molecule has 0 unspecified atom stereocenters. The van der Waals surface area contributed by atoms with Gasteiger partial charge in [0.2, 0.25) is 10.0 Å². The van der Waals surface area contributed by atoms with Crippen LogP contribution in [0.15, 0.2) is 71.6 Å². The number of aliphatic hydroxyl groups excluding tert-OH is 1. The molecule has 1 N–H and O–H groups in total. The van der Waals surface area contributed by atoms with E-state index in [0.717, 1.165) is 16.7 Å². The Hall–Kier alpha value is -3.29. The van der Waals surface area contributed by atoms with Gasteiger partial charge in [-0.25, -0.2) is 12.8 Å². The van der Waals surface area contributed by atoms with E-state index in [0.29, 0.717) is 18.7 Å². The second-order valence-electron chi connectivity index (χ2n) is 9.92. The smallest absolute Gasteiger partial charge is 0.247 e. The van der Waals surface area contributed by atoms with Crippen LogP contribution in [0.4, 0.5) is 4.39 Å². The molecule has 0 radical (unpaired) electrons. The standard InChI is InChI=1S/C29H32FN3O4S/c1-20-16-33(21(2)19-34)38(35,36)29-11-10-25(24-8-4-6-22(12-24)15-31)14-27(29)37-28(20)18-32(3)17-23-7-5-9-26(30)13-23/h4-14,20-21,28,34H,16-19H2,1-3H3/t20-,21-,28-/m1/s1. The number of nitrogens with zero attached hydrogens (tertiary/aromatic N) is 3. The third-order valence-corrected chi connectivity index (χ3v) is 8.84. The number of benzene rings is 3. The van der Waals surface area contributed by atoms with Crippen LogP contribution in [0.3, 0.4) is 0 Å². The Balaban J connectivity index is 1.73. The van der Waals surface area contributed by atoms with E-state index in [-0.39, 0.29) is 35.5 Å². The van der Waals surface area contributed by atoms with Crippen molar-refractivity contribution in [2.45, 2.75) is 37.4 Å². The molecule has 3 aromatic rings. The van der Waals surface area contributed by atoms with Gasteiger partial charge < -0.3 is 9.84 Å². The lowest BCUT2D eigenvalue weighted by atomic mass is 10.0. The summed E-state index contributed by atoms with van der Waals surface area (Å²) in [6.07, 6.45) is -0.392. The minimum absolute atomic E-state index is 0.0303. The molecule has 1 aliphatic heterocycles. The first-order valence-electron chi connectivity index (χ1n) is 12.5. The Morgan fingerprint density at radius 3 is 2.61 bits per heavy atom. The van der Waals surface area contributed by atoms with Crippen molar-refractivity contribution in [3.8, 4) is 22.9 Å². The van der Waals surface area contributed by atoms with Crippen molar-refractivity contribution in [3.05, 3.63) is 83.7 Å². The fourth-order valence-corrected chi connectivity index (χ4v) is 6.54. The SMILES string of the molecule is C[C@@H]1CN([C@H](C)CO)S(=O)(=O)c2ccc(-c3cccc(C#N)c3)cc2O[C@@H]1CN(C)Cc1cccc(F)c1. The number of aliphatic hydroxyl groups is 1. The number of rotatable bonds is 7. The Kier molecular flexibility index (Phi) is 8.48. The molecule has 0 amide bonds. The number of nitriles is 1. The van der Waals surface area contributed by atoms with Gasteiger partial charge in [-0.1, -0.05) is 37.3 Å². The van der Waals surface area contributed by atoms with Crippen LogP contribution < -0.4 is 4.74 Å². The largest absolute Gasteiger partial charge is 0.487 e. The Morgan fingerprint density at radius 1 is 1.16 bits per heavy atom. The lowest BCUT2D eigenvalue weighted by Crippen LogP contribution is -2.49. The molecular formula is C29H32FN3O4S. The maximum Gasteiger partial charge on any atom is 0.247 e. The first-order chi connectivity index (χ1) is 18.1. The van der Waals surface area contributed by atoms with Gasteiger partial charge in [0.25, 0.3) is 0 Å². The molecule has 3 aromatic carbocycles. The maximum atomic E-state index is 13.7. The third kappa shape index (κ3) is 6.05. The molecule has 7 nitrogen and oxygen atoms in total. The number of hydrogen-bond acceptors (Lipinski definition) is 6. The van der Waals surface area contributed by atoms with Crippen molar-refractivity contribution >= 4 is 10.0 Å². The van der Waals surface area contributed by atoms with Crippen LogP contribution >= 0.6 is 0 Å². The van der Waals surface area contributed by atoms with Crippen molar-refractivity contribution in [2.75, 3.05) is 26.7 Å². The molecule has 0 spiro atoms. The van der Waals surface area contributed by atoms with Crippen LogP contribution in [0.1, 0.15) is 25.0 Å². The monoisotopic (exact) mass is 537 g/mol. The number of likely N-dealkylation sites (N-methyl/N-ethyl adjacent to an activating group) is 1. The second-order valence-corrected chi connectivity index (χ2v) is 11.8. The zero-order valence-electron chi connectivity index (χ0n) is 21.7. The van der Waals surface area contributed by atoms with Crippen LogP contribution in [0.25, 0.3) is 11.1 Å². The second kappa shape index (κ2) is 11.6. The van der Waals surface area contributed by atoms with Gasteiger partial charge in [-0.3, -0.25) is 4.90 Å². The Morgan fingerprint density at radius 2 is 1.89 bits per heavy atom. The lowest BCUT2D eigenvalue weighted by molar-refractivity contribution is 0.0734. The van der Waals surface area contributed by atoms with E-state index in [1.54, 1.807) is 43.3 Å². The van der Waals surface area contributed by atoms with E-state index in [1.165, 1.54) is 22.5 Å². The van der Waals surface area contributed by atoms with Crippen LogP contribution in [0, 0.1) is 23.1 Å². The molecule has 1 aliphatic rings. The first-order valence-corrected chi connectivity index (χ1v) is 13.9. The fourth-order valence-electron chi connectivity index (χ4n) is 4.71. The molecule has 0 saturated carbocycles. The maximum absolute atomic E-state index is 13.7. The predicted octanol–water partition coefficient (Wildman–Crippen LogP) is 4.26. The zero-order chi connectivity index (χ0) is 27.4. The normalized spacial score (nSPS) is 20.0. The van der Waals surface area contributed by atoms with E-state index in [4.69, 9.17) is 4.74 Å². The molecule has 3 atom stereocenters. The van der Waals surface area contributed by atoms with Crippen molar-refractivity contribution < 1.29 is 22.7 Å². The molecule has 4 rings (SSSR count). The fraction of sp³-hybridized carbons (Fsp3) is 0.345. The molecule has 0 saturated heterocycles. The van der Waals surface area contributed by atoms with Gasteiger partial charge in [0, 0.05) is 31.6 Å². The summed E-state index contributed by atoms with van der Waals surface area (Å²) in [6, 6.07) is 19.9. The van der Waals surface area contributed by atoms with Crippen molar-refractivity contribution in [2.24, 2.45) is 5.92 Å². The average molecular weight is 538 g/mol. The number of ether oxygens (including phenoxy) is 1. The highest BCUT2D eigenvalue weighted by Crippen LogP contribution is 2.36. The summed E-state index contributed by atoms with van der Waals surface area (Å²) < 4.78 is 48.9. The minimum Gasteiger partial charge on any atom is -0.487 e. The highest BCUT2D eigenvalue weighted by Gasteiger charge is 2.38. The molecule has 0 bridgehead atoms. The number of halogens is 1. The Labute approximate surface area is 223 Å². The third-order valence-electron chi connectivity index (χ3n) is 6.83. The topological polar surface area (TPSA) is 93.9 Å². The van der Waals surface area contributed by atoms with E-state index in [1.807, 2.05) is 31.0 Å². The van der Waals surface area contributed by atoms with Gasteiger partial charge in [-0.05, 0) is 67.1 Å². The van der Waals surface area contributed by atoms with Crippen molar-refractivity contribution in [3.63, 3.8) is 0 Å². The van der Waals surface area contributed by atoms with Gasteiger partial charge in [0.15, 0.2) is 0 Å². The molecule has 200 valence electrons.